The molecule has 0 aliphatic heterocycles. The van der Waals surface area contributed by atoms with E-state index in [0.29, 0.717) is 0 Å². The van der Waals surface area contributed by atoms with Gasteiger partial charge in [-0.15, -0.1) is 0 Å². The summed E-state index contributed by atoms with van der Waals surface area (Å²) in [5.41, 5.74) is 0. The molecule has 1 aromatic carbocycles. The zero-order valence-corrected chi connectivity index (χ0v) is 11.0. The van der Waals surface area contributed by atoms with Crippen LogP contribution < -0.4 is 5.30 Å². The first-order valence-electron chi connectivity index (χ1n) is 5.77. The lowest BCUT2D eigenvalue weighted by Crippen LogP contribution is -2.18. The highest BCUT2D eigenvalue weighted by Crippen LogP contribution is 2.58. The molecule has 0 fully saturated rings. The van der Waals surface area contributed by atoms with E-state index in [1.165, 1.54) is 30.5 Å². The Morgan fingerprint density at radius 3 is 1.93 bits per heavy atom. The second kappa shape index (κ2) is 6.25. The maximum absolute atomic E-state index is 5.92. The summed E-state index contributed by atoms with van der Waals surface area (Å²) in [5, 5.41) is 1.43. The van der Waals surface area contributed by atoms with Crippen molar-refractivity contribution in [1.82, 2.24) is 0 Å². The van der Waals surface area contributed by atoms with E-state index in [1.54, 1.807) is 0 Å². The molecular formula is C13H22OP+. The predicted octanol–water partition coefficient (Wildman–Crippen LogP) is 3.71. The van der Waals surface area contributed by atoms with E-state index in [-0.39, 0.29) is 0 Å². The van der Waals surface area contributed by atoms with Crippen molar-refractivity contribution in [2.75, 3.05) is 19.4 Å². The van der Waals surface area contributed by atoms with Gasteiger partial charge in [0.2, 0.25) is 0 Å². The molecule has 0 radical (unpaired) electrons. The van der Waals surface area contributed by atoms with Crippen LogP contribution in [0, 0.1) is 0 Å². The fraction of sp³-hybridized carbons (Fsp3) is 0.538. The fourth-order valence-corrected chi connectivity index (χ4v) is 5.56. The summed E-state index contributed by atoms with van der Waals surface area (Å²) in [5.74, 6) is 0. The Labute approximate surface area is 94.3 Å². The molecule has 1 aromatic rings. The smallest absolute Gasteiger partial charge is 0.177 e. The molecule has 0 amide bonds. The predicted molar refractivity (Wildman–Crippen MR) is 70.3 cm³/mol. The van der Waals surface area contributed by atoms with Gasteiger partial charge in [0.05, 0.1) is 19.4 Å². The molecular weight excluding hydrogens is 203 g/mol. The van der Waals surface area contributed by atoms with Crippen LogP contribution in [0.2, 0.25) is 0 Å². The molecule has 0 saturated heterocycles. The Morgan fingerprint density at radius 1 is 1.00 bits per heavy atom. The highest BCUT2D eigenvalue weighted by atomic mass is 31.2. The van der Waals surface area contributed by atoms with Gasteiger partial charge in [0.1, 0.15) is 5.30 Å². The molecule has 0 spiro atoms. The lowest BCUT2D eigenvalue weighted by atomic mass is 10.4. The van der Waals surface area contributed by atoms with Crippen molar-refractivity contribution in [1.29, 1.82) is 0 Å². The molecule has 1 rings (SSSR count). The number of rotatable bonds is 6. The Morgan fingerprint density at radius 2 is 1.53 bits per heavy atom. The van der Waals surface area contributed by atoms with Crippen LogP contribution in [0.4, 0.5) is 0 Å². The molecule has 0 aliphatic rings. The highest BCUT2D eigenvalue weighted by molar-refractivity contribution is 7.78. The van der Waals surface area contributed by atoms with E-state index in [2.05, 4.69) is 44.2 Å². The third-order valence-corrected chi connectivity index (χ3v) is 7.02. The first-order chi connectivity index (χ1) is 7.29. The molecule has 0 unspecified atom stereocenters. The summed E-state index contributed by atoms with van der Waals surface area (Å²) < 4.78 is 5.92. The second-order valence-corrected chi connectivity index (χ2v) is 7.41. The standard InChI is InChI=1S/C13H22OP/c1-4-11-15(14-3,12-5-2)13-9-7-6-8-10-13/h6-10H,4-5,11-12H2,1-3H3/q+1. The molecule has 0 aromatic heterocycles. The minimum absolute atomic E-state index is 1.20. The van der Waals surface area contributed by atoms with E-state index in [0.717, 1.165) is 0 Å². The monoisotopic (exact) mass is 225 g/mol. The molecule has 1 nitrogen and oxygen atoms in total. The van der Waals surface area contributed by atoms with Gasteiger partial charge < -0.3 is 0 Å². The number of benzene rings is 1. The van der Waals surface area contributed by atoms with Crippen LogP contribution in [0.5, 0.6) is 0 Å². The van der Waals surface area contributed by atoms with Crippen LogP contribution >= 0.6 is 7.49 Å². The van der Waals surface area contributed by atoms with Gasteiger partial charge in [-0.1, -0.05) is 32.0 Å². The van der Waals surface area contributed by atoms with E-state index >= 15 is 0 Å². The maximum Gasteiger partial charge on any atom is 0.177 e. The van der Waals surface area contributed by atoms with Gasteiger partial charge in [-0.25, -0.2) is 4.52 Å². The topological polar surface area (TPSA) is 9.23 Å². The van der Waals surface area contributed by atoms with Gasteiger partial charge >= 0.3 is 0 Å². The first kappa shape index (κ1) is 12.7. The van der Waals surface area contributed by atoms with Gasteiger partial charge in [0.25, 0.3) is 0 Å². The van der Waals surface area contributed by atoms with Crippen molar-refractivity contribution in [3.63, 3.8) is 0 Å². The number of hydrogen-bond donors (Lipinski definition) is 0. The van der Waals surface area contributed by atoms with Crippen LogP contribution in [0.15, 0.2) is 30.3 Å². The third-order valence-electron chi connectivity index (χ3n) is 2.75. The number of hydrogen-bond acceptors (Lipinski definition) is 1. The van der Waals surface area contributed by atoms with E-state index in [1.807, 2.05) is 7.11 Å². The van der Waals surface area contributed by atoms with Crippen molar-refractivity contribution < 1.29 is 4.52 Å². The summed E-state index contributed by atoms with van der Waals surface area (Å²) in [4.78, 5) is 0. The van der Waals surface area contributed by atoms with Crippen molar-refractivity contribution in [3.05, 3.63) is 30.3 Å². The summed E-state index contributed by atoms with van der Waals surface area (Å²) in [6, 6.07) is 10.8. The normalized spacial score (nSPS) is 11.7. The maximum atomic E-state index is 5.92. The summed E-state index contributed by atoms with van der Waals surface area (Å²) in [7, 11) is 0.552. The highest BCUT2D eigenvalue weighted by Gasteiger charge is 2.39. The largest absolute Gasteiger partial charge is 0.236 e. The minimum Gasteiger partial charge on any atom is -0.236 e. The first-order valence-corrected chi connectivity index (χ1v) is 7.85. The van der Waals surface area contributed by atoms with Crippen LogP contribution in [0.25, 0.3) is 0 Å². The zero-order valence-electron chi connectivity index (χ0n) is 10.1. The molecule has 15 heavy (non-hydrogen) atoms. The van der Waals surface area contributed by atoms with Crippen molar-refractivity contribution in [2.24, 2.45) is 0 Å². The quantitative estimate of drug-likeness (QED) is 0.670. The summed E-state index contributed by atoms with van der Waals surface area (Å²) in [6.45, 7) is 4.48. The Kier molecular flexibility index (Phi) is 5.28. The SMILES string of the molecule is CCC[P+](CCC)(OC)c1ccccc1. The zero-order chi connectivity index (χ0) is 11.1. The van der Waals surface area contributed by atoms with E-state index in [9.17, 15) is 0 Å². The summed E-state index contributed by atoms with van der Waals surface area (Å²) in [6.07, 6.45) is 4.83. The van der Waals surface area contributed by atoms with Crippen LogP contribution in [-0.2, 0) is 4.52 Å². The molecule has 0 atom stereocenters. The van der Waals surface area contributed by atoms with Gasteiger partial charge in [0, 0.05) is 0 Å². The molecule has 0 bridgehead atoms. The Bertz CT molecular complexity index is 265. The van der Waals surface area contributed by atoms with Gasteiger partial charge in [0.15, 0.2) is 7.49 Å². The van der Waals surface area contributed by atoms with E-state index in [4.69, 9.17) is 4.52 Å². The van der Waals surface area contributed by atoms with Crippen molar-refractivity contribution in [2.45, 2.75) is 26.7 Å². The van der Waals surface area contributed by atoms with Gasteiger partial charge in [-0.3, -0.25) is 0 Å². The lowest BCUT2D eigenvalue weighted by molar-refractivity contribution is 0.449. The van der Waals surface area contributed by atoms with Crippen molar-refractivity contribution >= 4 is 12.8 Å². The summed E-state index contributed by atoms with van der Waals surface area (Å²) >= 11 is 0. The molecule has 0 N–H and O–H groups in total. The van der Waals surface area contributed by atoms with Crippen LogP contribution in [0.1, 0.15) is 26.7 Å². The minimum atomic E-state index is -1.33. The van der Waals surface area contributed by atoms with Crippen molar-refractivity contribution in [3.8, 4) is 0 Å². The molecule has 0 saturated carbocycles. The van der Waals surface area contributed by atoms with Crippen LogP contribution in [0.3, 0.4) is 0 Å². The molecule has 0 heterocycles. The fourth-order valence-electron chi connectivity index (χ4n) is 2.08. The Hall–Kier alpha value is -0.390. The Balaban J connectivity index is 2.97. The van der Waals surface area contributed by atoms with Crippen LogP contribution in [-0.4, -0.2) is 19.4 Å². The second-order valence-electron chi connectivity index (χ2n) is 3.85. The lowest BCUT2D eigenvalue weighted by Gasteiger charge is -2.23. The van der Waals surface area contributed by atoms with Gasteiger partial charge in [-0.2, -0.15) is 0 Å². The van der Waals surface area contributed by atoms with Gasteiger partial charge in [-0.05, 0) is 25.0 Å². The molecule has 84 valence electrons. The average molecular weight is 225 g/mol. The van der Waals surface area contributed by atoms with E-state index < -0.39 is 7.49 Å². The third kappa shape index (κ3) is 3.03. The average Bonchev–Trinajstić information content (AvgIpc) is 2.30. The molecule has 0 aliphatic carbocycles. The molecule has 2 heteroatoms.